The van der Waals surface area contributed by atoms with Gasteiger partial charge in [0.15, 0.2) is 0 Å². The minimum absolute atomic E-state index is 0. The Morgan fingerprint density at radius 3 is 2.86 bits per heavy atom. The fourth-order valence-corrected chi connectivity index (χ4v) is 2.62. The first-order valence-corrected chi connectivity index (χ1v) is 6.84. The van der Waals surface area contributed by atoms with E-state index in [1.165, 1.54) is 18.2 Å². The SMILES string of the molecule is Cl.NCC1CCCN(C(=O)c2ccc(Cl)cc2[N+](=O)[O-])C1. The molecule has 0 saturated carbocycles. The molecule has 0 bridgehead atoms. The second-order valence-electron chi connectivity index (χ2n) is 4.91. The zero-order valence-electron chi connectivity index (χ0n) is 11.3. The number of nitro groups is 1. The summed E-state index contributed by atoms with van der Waals surface area (Å²) >= 11 is 5.75. The van der Waals surface area contributed by atoms with Crippen molar-refractivity contribution in [3.8, 4) is 0 Å². The largest absolute Gasteiger partial charge is 0.338 e. The molecule has 0 radical (unpaired) electrons. The van der Waals surface area contributed by atoms with Crippen molar-refractivity contribution >= 4 is 35.6 Å². The zero-order chi connectivity index (χ0) is 14.7. The topological polar surface area (TPSA) is 89.5 Å². The number of carbonyl (C=O) groups is 1. The van der Waals surface area contributed by atoms with Crippen molar-refractivity contribution in [2.45, 2.75) is 12.8 Å². The number of halogens is 2. The van der Waals surface area contributed by atoms with Gasteiger partial charge in [-0.25, -0.2) is 0 Å². The molecule has 1 aromatic rings. The van der Waals surface area contributed by atoms with E-state index in [-0.39, 0.29) is 40.5 Å². The van der Waals surface area contributed by atoms with Crippen molar-refractivity contribution in [1.82, 2.24) is 4.90 Å². The molecule has 0 spiro atoms. The van der Waals surface area contributed by atoms with Gasteiger partial charge in [0.25, 0.3) is 11.6 Å². The van der Waals surface area contributed by atoms with Crippen LogP contribution in [0.15, 0.2) is 18.2 Å². The van der Waals surface area contributed by atoms with E-state index in [1.807, 2.05) is 0 Å². The summed E-state index contributed by atoms with van der Waals surface area (Å²) in [5.74, 6) is -0.0643. The molecule has 1 aromatic carbocycles. The van der Waals surface area contributed by atoms with Gasteiger partial charge in [-0.3, -0.25) is 14.9 Å². The lowest BCUT2D eigenvalue weighted by Crippen LogP contribution is -2.42. The molecule has 1 atom stereocenters. The molecular weight excluding hydrogens is 317 g/mol. The van der Waals surface area contributed by atoms with Gasteiger partial charge >= 0.3 is 0 Å². The molecule has 1 saturated heterocycles. The molecule has 116 valence electrons. The van der Waals surface area contributed by atoms with Crippen molar-refractivity contribution in [2.24, 2.45) is 11.7 Å². The molecule has 1 unspecified atom stereocenters. The van der Waals surface area contributed by atoms with Gasteiger partial charge in [0.1, 0.15) is 5.56 Å². The van der Waals surface area contributed by atoms with Gasteiger partial charge in [0, 0.05) is 24.2 Å². The van der Waals surface area contributed by atoms with Crippen molar-refractivity contribution in [3.63, 3.8) is 0 Å². The average Bonchev–Trinajstić information content (AvgIpc) is 2.46. The monoisotopic (exact) mass is 333 g/mol. The summed E-state index contributed by atoms with van der Waals surface area (Å²) in [5, 5.41) is 11.3. The van der Waals surface area contributed by atoms with E-state index in [4.69, 9.17) is 17.3 Å². The highest BCUT2D eigenvalue weighted by molar-refractivity contribution is 6.31. The van der Waals surface area contributed by atoms with E-state index in [0.29, 0.717) is 19.6 Å². The number of carbonyl (C=O) groups excluding carboxylic acids is 1. The smallest absolute Gasteiger partial charge is 0.283 e. The predicted octanol–water partition coefficient (Wildman–Crippen LogP) is 2.48. The zero-order valence-corrected chi connectivity index (χ0v) is 12.9. The molecule has 1 aliphatic rings. The maximum atomic E-state index is 12.4. The lowest BCUT2D eigenvalue weighted by atomic mass is 9.97. The van der Waals surface area contributed by atoms with Crippen LogP contribution in [-0.4, -0.2) is 35.4 Å². The minimum Gasteiger partial charge on any atom is -0.338 e. The average molecular weight is 334 g/mol. The van der Waals surface area contributed by atoms with Crippen LogP contribution in [0, 0.1) is 16.0 Å². The molecule has 1 aliphatic heterocycles. The molecule has 21 heavy (non-hydrogen) atoms. The Labute approximate surface area is 133 Å². The van der Waals surface area contributed by atoms with Gasteiger partial charge < -0.3 is 10.6 Å². The third-order valence-corrected chi connectivity index (χ3v) is 3.76. The molecule has 2 rings (SSSR count). The second-order valence-corrected chi connectivity index (χ2v) is 5.35. The van der Waals surface area contributed by atoms with Gasteiger partial charge in [-0.15, -0.1) is 12.4 Å². The highest BCUT2D eigenvalue weighted by atomic mass is 35.5. The third kappa shape index (κ3) is 4.06. The van der Waals surface area contributed by atoms with Crippen LogP contribution in [0.25, 0.3) is 0 Å². The summed E-state index contributed by atoms with van der Waals surface area (Å²) in [4.78, 5) is 24.5. The first-order chi connectivity index (χ1) is 9.52. The summed E-state index contributed by atoms with van der Waals surface area (Å²) in [6.07, 6.45) is 1.86. The fraction of sp³-hybridized carbons (Fsp3) is 0.462. The lowest BCUT2D eigenvalue weighted by Gasteiger charge is -2.32. The molecule has 1 amide bonds. The number of likely N-dealkylation sites (tertiary alicyclic amines) is 1. The number of rotatable bonds is 3. The van der Waals surface area contributed by atoms with Crippen LogP contribution < -0.4 is 5.73 Å². The number of hydrogen-bond donors (Lipinski definition) is 1. The predicted molar refractivity (Wildman–Crippen MR) is 83.0 cm³/mol. The minimum atomic E-state index is -0.580. The van der Waals surface area contributed by atoms with E-state index in [2.05, 4.69) is 0 Å². The molecule has 1 fully saturated rings. The summed E-state index contributed by atoms with van der Waals surface area (Å²) in [7, 11) is 0. The number of benzene rings is 1. The van der Waals surface area contributed by atoms with E-state index in [0.717, 1.165) is 12.8 Å². The van der Waals surface area contributed by atoms with Gasteiger partial charge in [0.05, 0.1) is 4.92 Å². The Morgan fingerprint density at radius 1 is 1.52 bits per heavy atom. The standard InChI is InChI=1S/C13H16ClN3O3.ClH/c14-10-3-4-11(12(6-10)17(19)20)13(18)16-5-1-2-9(7-15)8-16;/h3-4,6,9H,1-2,5,7-8,15H2;1H. The van der Waals surface area contributed by atoms with E-state index in [1.54, 1.807) is 4.90 Å². The molecule has 8 heteroatoms. The Balaban J connectivity index is 0.00000220. The van der Waals surface area contributed by atoms with Crippen LogP contribution in [-0.2, 0) is 0 Å². The van der Waals surface area contributed by atoms with E-state index >= 15 is 0 Å². The van der Waals surface area contributed by atoms with Crippen molar-refractivity contribution in [2.75, 3.05) is 19.6 Å². The fourth-order valence-electron chi connectivity index (χ4n) is 2.45. The van der Waals surface area contributed by atoms with Crippen LogP contribution in [0.5, 0.6) is 0 Å². The van der Waals surface area contributed by atoms with Crippen LogP contribution in [0.4, 0.5) is 5.69 Å². The van der Waals surface area contributed by atoms with Crippen LogP contribution in [0.1, 0.15) is 23.2 Å². The Kier molecular flexibility index (Phi) is 6.39. The third-order valence-electron chi connectivity index (χ3n) is 3.53. The number of nitrogens with zero attached hydrogens (tertiary/aromatic N) is 2. The maximum absolute atomic E-state index is 12.4. The highest BCUT2D eigenvalue weighted by Gasteiger charge is 2.28. The Bertz CT molecular complexity index is 539. The molecule has 1 heterocycles. The quantitative estimate of drug-likeness (QED) is 0.679. The molecule has 0 aromatic heterocycles. The molecule has 0 aliphatic carbocycles. The summed E-state index contributed by atoms with van der Waals surface area (Å²) < 4.78 is 0. The summed E-state index contributed by atoms with van der Waals surface area (Å²) in [6, 6.07) is 4.11. The maximum Gasteiger partial charge on any atom is 0.283 e. The second kappa shape index (κ2) is 7.59. The van der Waals surface area contributed by atoms with Crippen LogP contribution in [0.3, 0.4) is 0 Å². The van der Waals surface area contributed by atoms with Gasteiger partial charge in [-0.2, -0.15) is 0 Å². The number of hydrogen-bond acceptors (Lipinski definition) is 4. The van der Waals surface area contributed by atoms with Crippen LogP contribution >= 0.6 is 24.0 Å². The van der Waals surface area contributed by atoms with Crippen LogP contribution in [0.2, 0.25) is 5.02 Å². The first-order valence-electron chi connectivity index (χ1n) is 6.46. The van der Waals surface area contributed by atoms with E-state index < -0.39 is 4.92 Å². The molecular formula is C13H17Cl2N3O3. The lowest BCUT2D eigenvalue weighted by molar-refractivity contribution is -0.385. The van der Waals surface area contributed by atoms with Gasteiger partial charge in [0.2, 0.25) is 0 Å². The van der Waals surface area contributed by atoms with Crippen molar-refractivity contribution < 1.29 is 9.72 Å². The summed E-state index contributed by atoms with van der Waals surface area (Å²) in [6.45, 7) is 1.68. The number of piperidine rings is 1. The number of nitro benzene ring substituents is 1. The Morgan fingerprint density at radius 2 is 2.24 bits per heavy atom. The van der Waals surface area contributed by atoms with Gasteiger partial charge in [-0.05, 0) is 37.4 Å². The van der Waals surface area contributed by atoms with E-state index in [9.17, 15) is 14.9 Å². The molecule has 6 nitrogen and oxygen atoms in total. The van der Waals surface area contributed by atoms with Crippen molar-refractivity contribution in [1.29, 1.82) is 0 Å². The van der Waals surface area contributed by atoms with Crippen molar-refractivity contribution in [3.05, 3.63) is 38.9 Å². The number of nitrogens with two attached hydrogens (primary N) is 1. The number of amides is 1. The first kappa shape index (κ1) is 17.7. The molecule has 2 N–H and O–H groups in total. The Hall–Kier alpha value is -1.37. The normalized spacial score (nSPS) is 18.0. The summed E-state index contributed by atoms with van der Waals surface area (Å²) in [5.41, 5.74) is 5.47. The van der Waals surface area contributed by atoms with Gasteiger partial charge in [-0.1, -0.05) is 11.6 Å². The highest BCUT2D eigenvalue weighted by Crippen LogP contribution is 2.26.